The second kappa shape index (κ2) is 5.83. The molecule has 1 fully saturated rings. The van der Waals surface area contributed by atoms with E-state index in [9.17, 15) is 13.2 Å². The summed E-state index contributed by atoms with van der Waals surface area (Å²) in [5, 5.41) is 3.91. The third kappa shape index (κ3) is 2.99. The number of amides is 1. The molecular formula is C16H18N4O4S. The predicted octanol–water partition coefficient (Wildman–Crippen LogP) is 1.14. The summed E-state index contributed by atoms with van der Waals surface area (Å²) >= 11 is 0. The van der Waals surface area contributed by atoms with Gasteiger partial charge in [-0.1, -0.05) is 5.16 Å². The lowest BCUT2D eigenvalue weighted by Gasteiger charge is -2.29. The number of nitrogens with zero attached hydrogens (tertiary/aromatic N) is 4. The molecule has 1 aromatic heterocycles. The van der Waals surface area contributed by atoms with E-state index < -0.39 is 10.0 Å². The second-order valence-electron chi connectivity index (χ2n) is 6.37. The number of amidine groups is 1. The van der Waals surface area contributed by atoms with Gasteiger partial charge in [-0.15, -0.1) is 4.40 Å². The molecule has 1 saturated heterocycles. The molecule has 0 radical (unpaired) electrons. The Bertz CT molecular complexity index is 912. The molecule has 0 bridgehead atoms. The Hall–Kier alpha value is -2.42. The van der Waals surface area contributed by atoms with Crippen LogP contribution in [0, 0.1) is 6.92 Å². The molecule has 0 saturated carbocycles. The largest absolute Gasteiger partial charge is 0.359 e. The molecule has 3 aliphatic rings. The summed E-state index contributed by atoms with van der Waals surface area (Å²) in [6, 6.07) is 1.75. The van der Waals surface area contributed by atoms with Crippen molar-refractivity contribution in [1.29, 1.82) is 0 Å². The molecule has 132 valence electrons. The van der Waals surface area contributed by atoms with Gasteiger partial charge in [0.25, 0.3) is 15.9 Å². The molecule has 1 atom stereocenters. The molecule has 25 heavy (non-hydrogen) atoms. The third-order valence-electron chi connectivity index (χ3n) is 4.56. The van der Waals surface area contributed by atoms with E-state index in [1.807, 2.05) is 13.0 Å². The minimum Gasteiger partial charge on any atom is -0.359 e. The molecule has 1 aromatic rings. The maximum atomic E-state index is 13.0. The first-order valence-electron chi connectivity index (χ1n) is 8.16. The van der Waals surface area contributed by atoms with Crippen molar-refractivity contribution in [3.8, 4) is 0 Å². The fourth-order valence-electron chi connectivity index (χ4n) is 3.34. The van der Waals surface area contributed by atoms with E-state index in [0.29, 0.717) is 30.3 Å². The number of fused-ring (bicyclic) bond motifs is 1. The average molecular weight is 362 g/mol. The predicted molar refractivity (Wildman–Crippen MR) is 90.1 cm³/mol. The summed E-state index contributed by atoms with van der Waals surface area (Å²) in [5.74, 6) is 0.911. The highest BCUT2D eigenvalue weighted by atomic mass is 32.2. The quantitative estimate of drug-likeness (QED) is 0.783. The van der Waals surface area contributed by atoms with E-state index in [4.69, 9.17) is 4.52 Å². The lowest BCUT2D eigenvalue weighted by molar-refractivity contribution is -0.128. The minimum absolute atomic E-state index is 0.0496. The Kier molecular flexibility index (Phi) is 3.75. The summed E-state index contributed by atoms with van der Waals surface area (Å²) in [5.41, 5.74) is 1.31. The van der Waals surface area contributed by atoms with E-state index in [2.05, 4.69) is 9.55 Å². The number of sulfonamides is 1. The molecule has 3 aliphatic heterocycles. The van der Waals surface area contributed by atoms with Crippen molar-refractivity contribution in [1.82, 2.24) is 15.0 Å². The first-order chi connectivity index (χ1) is 11.9. The molecule has 1 amide bonds. The summed E-state index contributed by atoms with van der Waals surface area (Å²) in [6.07, 6.45) is 6.62. The van der Waals surface area contributed by atoms with Gasteiger partial charge in [-0.2, -0.15) is 0 Å². The highest BCUT2D eigenvalue weighted by Gasteiger charge is 2.35. The molecule has 4 rings (SSSR count). The fourth-order valence-corrected chi connectivity index (χ4v) is 4.31. The Morgan fingerprint density at radius 1 is 1.32 bits per heavy atom. The zero-order chi connectivity index (χ0) is 17.6. The van der Waals surface area contributed by atoms with Crippen LogP contribution in [-0.2, 0) is 14.8 Å². The van der Waals surface area contributed by atoms with Crippen molar-refractivity contribution in [3.63, 3.8) is 0 Å². The molecule has 0 unspecified atom stereocenters. The highest BCUT2D eigenvalue weighted by molar-refractivity contribution is 7.90. The van der Waals surface area contributed by atoms with Crippen LogP contribution >= 0.6 is 0 Å². The zero-order valence-corrected chi connectivity index (χ0v) is 14.6. The van der Waals surface area contributed by atoms with E-state index in [-0.39, 0.29) is 17.7 Å². The van der Waals surface area contributed by atoms with Crippen molar-refractivity contribution in [2.24, 2.45) is 4.40 Å². The van der Waals surface area contributed by atoms with Crippen molar-refractivity contribution in [3.05, 3.63) is 41.4 Å². The van der Waals surface area contributed by atoms with Crippen molar-refractivity contribution >= 4 is 21.8 Å². The van der Waals surface area contributed by atoms with Gasteiger partial charge in [-0.3, -0.25) is 4.79 Å². The van der Waals surface area contributed by atoms with Crippen LogP contribution in [0.5, 0.6) is 0 Å². The van der Waals surface area contributed by atoms with Gasteiger partial charge in [-0.05, 0) is 31.9 Å². The van der Waals surface area contributed by atoms with Crippen LogP contribution in [0.1, 0.15) is 30.3 Å². The van der Waals surface area contributed by atoms with Gasteiger partial charge in [0, 0.05) is 25.4 Å². The SMILES string of the molecule is Cc1cc([C@H]2CCCN2C(=O)C2=CN3CCS(=O)(=O)N=C3C=C2)on1. The highest BCUT2D eigenvalue weighted by Crippen LogP contribution is 2.34. The second-order valence-corrected chi connectivity index (χ2v) is 8.13. The monoisotopic (exact) mass is 362 g/mol. The van der Waals surface area contributed by atoms with Crippen molar-refractivity contribution < 1.29 is 17.7 Å². The van der Waals surface area contributed by atoms with E-state index in [1.165, 1.54) is 0 Å². The van der Waals surface area contributed by atoms with Crippen LogP contribution in [0.15, 0.2) is 38.9 Å². The number of likely N-dealkylation sites (tertiary alicyclic amines) is 1. The summed E-state index contributed by atoms with van der Waals surface area (Å²) in [7, 11) is -3.40. The molecule has 4 heterocycles. The van der Waals surface area contributed by atoms with Gasteiger partial charge in [-0.25, -0.2) is 8.42 Å². The van der Waals surface area contributed by atoms with Gasteiger partial charge < -0.3 is 14.3 Å². The molecule has 0 spiro atoms. The number of carbonyl (C=O) groups is 1. The van der Waals surface area contributed by atoms with Gasteiger partial charge in [0.15, 0.2) is 5.76 Å². The lowest BCUT2D eigenvalue weighted by atomic mass is 10.1. The van der Waals surface area contributed by atoms with Crippen LogP contribution in [0.25, 0.3) is 0 Å². The Labute approximate surface area is 145 Å². The maximum Gasteiger partial charge on any atom is 0.256 e. The Balaban J connectivity index is 1.57. The van der Waals surface area contributed by atoms with Gasteiger partial charge in [0.05, 0.1) is 23.1 Å². The normalized spacial score (nSPS) is 24.8. The number of rotatable bonds is 2. The van der Waals surface area contributed by atoms with Crippen LogP contribution in [0.2, 0.25) is 0 Å². The standard InChI is InChI=1S/C16H18N4O4S/c1-11-9-14(24-17-11)13-3-2-6-20(13)16(21)12-4-5-15-18-25(22,23)8-7-19(15)10-12/h4-5,9-10,13H,2-3,6-8H2,1H3/t13-/m1/s1. The summed E-state index contributed by atoms with van der Waals surface area (Å²) in [4.78, 5) is 16.4. The lowest BCUT2D eigenvalue weighted by Crippen LogP contribution is -2.39. The molecule has 0 N–H and O–H groups in total. The number of hydrogen-bond donors (Lipinski definition) is 0. The molecule has 0 aromatic carbocycles. The molecule has 9 heteroatoms. The topological polar surface area (TPSA) is 96.1 Å². The van der Waals surface area contributed by atoms with Gasteiger partial charge in [0.1, 0.15) is 5.84 Å². The molecule has 0 aliphatic carbocycles. The van der Waals surface area contributed by atoms with Crippen LogP contribution in [-0.4, -0.2) is 54.0 Å². The Morgan fingerprint density at radius 3 is 2.92 bits per heavy atom. The van der Waals surface area contributed by atoms with E-state index >= 15 is 0 Å². The number of carbonyl (C=O) groups excluding carboxylic acids is 1. The van der Waals surface area contributed by atoms with E-state index in [1.54, 1.807) is 28.2 Å². The summed E-state index contributed by atoms with van der Waals surface area (Å²) < 4.78 is 32.2. The van der Waals surface area contributed by atoms with Crippen molar-refractivity contribution in [2.75, 3.05) is 18.8 Å². The molecular weight excluding hydrogens is 344 g/mol. The van der Waals surface area contributed by atoms with Crippen LogP contribution in [0.4, 0.5) is 0 Å². The van der Waals surface area contributed by atoms with E-state index in [0.717, 1.165) is 18.5 Å². The Morgan fingerprint density at radius 2 is 2.16 bits per heavy atom. The smallest absolute Gasteiger partial charge is 0.256 e. The average Bonchev–Trinajstić information content (AvgIpc) is 3.21. The zero-order valence-electron chi connectivity index (χ0n) is 13.8. The number of aryl methyl sites for hydroxylation is 1. The summed E-state index contributed by atoms with van der Waals surface area (Å²) in [6.45, 7) is 2.81. The van der Waals surface area contributed by atoms with Gasteiger partial charge >= 0.3 is 0 Å². The van der Waals surface area contributed by atoms with Crippen LogP contribution in [0.3, 0.4) is 0 Å². The number of aromatic nitrogens is 1. The first-order valence-corrected chi connectivity index (χ1v) is 9.77. The number of hydrogen-bond acceptors (Lipinski definition) is 6. The van der Waals surface area contributed by atoms with Crippen molar-refractivity contribution in [2.45, 2.75) is 25.8 Å². The fraction of sp³-hybridized carbons (Fsp3) is 0.438. The third-order valence-corrected chi connectivity index (χ3v) is 5.72. The minimum atomic E-state index is -3.40. The molecule has 8 nitrogen and oxygen atoms in total. The maximum absolute atomic E-state index is 13.0. The van der Waals surface area contributed by atoms with Crippen LogP contribution < -0.4 is 0 Å². The van der Waals surface area contributed by atoms with Gasteiger partial charge in [0.2, 0.25) is 0 Å². The first kappa shape index (κ1) is 16.1.